The van der Waals surface area contributed by atoms with Crippen molar-refractivity contribution >= 4 is 11.6 Å². The molecule has 0 bridgehead atoms. The lowest BCUT2D eigenvalue weighted by atomic mass is 9.83. The maximum Gasteiger partial charge on any atom is 0.310 e. The number of ether oxygens (including phenoxy) is 1. The van der Waals surface area contributed by atoms with Crippen molar-refractivity contribution in [3.63, 3.8) is 0 Å². The zero-order chi connectivity index (χ0) is 16.2. The second-order valence-electron chi connectivity index (χ2n) is 5.98. The van der Waals surface area contributed by atoms with Gasteiger partial charge in [-0.15, -0.1) is 0 Å². The lowest BCUT2D eigenvalue weighted by Gasteiger charge is -2.31. The summed E-state index contributed by atoms with van der Waals surface area (Å²) < 4.78 is 5.31. The smallest absolute Gasteiger partial charge is 0.310 e. The molecule has 3 N–H and O–H groups in total. The number of amides is 1. The molecular weight excluding hydrogens is 300 g/mol. The van der Waals surface area contributed by atoms with Gasteiger partial charge in [-0.2, -0.15) is 0 Å². The topological polar surface area (TPSA) is 106 Å². The van der Waals surface area contributed by atoms with E-state index < -0.39 is 4.92 Å². The summed E-state index contributed by atoms with van der Waals surface area (Å²) in [5, 5.41) is 13.9. The molecule has 1 aromatic carbocycles. The highest BCUT2D eigenvalue weighted by Gasteiger charge is 2.34. The number of hydrogen-bond donors (Lipinski definition) is 3. The van der Waals surface area contributed by atoms with Crippen molar-refractivity contribution in [3.05, 3.63) is 34.4 Å². The number of rotatable bonds is 5. The summed E-state index contributed by atoms with van der Waals surface area (Å²) in [7, 11) is 0. The molecule has 1 amide bonds. The molecule has 1 aliphatic carbocycles. The van der Waals surface area contributed by atoms with E-state index in [0.29, 0.717) is 12.0 Å². The van der Waals surface area contributed by atoms with Crippen LogP contribution in [-0.4, -0.2) is 36.1 Å². The number of hydrogen-bond acceptors (Lipinski definition) is 6. The first-order valence-electron chi connectivity index (χ1n) is 7.77. The molecule has 8 heteroatoms. The lowest BCUT2D eigenvalue weighted by Crippen LogP contribution is -2.45. The van der Waals surface area contributed by atoms with Crippen LogP contribution in [0.2, 0.25) is 0 Å². The molecule has 2 fully saturated rings. The van der Waals surface area contributed by atoms with Crippen molar-refractivity contribution in [2.24, 2.45) is 5.92 Å². The lowest BCUT2D eigenvalue weighted by molar-refractivity contribution is -0.385. The van der Waals surface area contributed by atoms with E-state index in [2.05, 4.69) is 16.2 Å². The van der Waals surface area contributed by atoms with Gasteiger partial charge in [0.1, 0.15) is 0 Å². The molecule has 8 nitrogen and oxygen atoms in total. The highest BCUT2D eigenvalue weighted by Crippen LogP contribution is 2.27. The number of carbonyl (C=O) groups is 1. The van der Waals surface area contributed by atoms with Crippen molar-refractivity contribution in [1.82, 2.24) is 16.2 Å². The summed E-state index contributed by atoms with van der Waals surface area (Å²) in [5.74, 6) is 0.399. The van der Waals surface area contributed by atoms with Crippen LogP contribution in [0.4, 0.5) is 5.69 Å². The Balaban J connectivity index is 1.49. The zero-order valence-corrected chi connectivity index (χ0v) is 12.7. The average molecular weight is 320 g/mol. The van der Waals surface area contributed by atoms with Crippen molar-refractivity contribution in [2.75, 3.05) is 13.2 Å². The van der Waals surface area contributed by atoms with Crippen LogP contribution < -0.4 is 20.9 Å². The van der Waals surface area contributed by atoms with Gasteiger partial charge in [-0.05, 0) is 31.2 Å². The fourth-order valence-corrected chi connectivity index (χ4v) is 3.27. The number of nitro benzene ring substituents is 1. The van der Waals surface area contributed by atoms with Crippen LogP contribution in [0.15, 0.2) is 24.3 Å². The highest BCUT2D eigenvalue weighted by atomic mass is 16.6. The summed E-state index contributed by atoms with van der Waals surface area (Å²) >= 11 is 0. The molecular formula is C15H20N4O4. The number of nitrogens with zero attached hydrogens (tertiary/aromatic N) is 1. The number of hydrazine groups is 1. The third-order valence-corrected chi connectivity index (χ3v) is 4.42. The Morgan fingerprint density at radius 3 is 3.04 bits per heavy atom. The van der Waals surface area contributed by atoms with E-state index in [1.54, 1.807) is 12.1 Å². The minimum Gasteiger partial charge on any atom is -0.477 e. The second kappa shape index (κ2) is 6.93. The predicted molar refractivity (Wildman–Crippen MR) is 82.8 cm³/mol. The van der Waals surface area contributed by atoms with Crippen LogP contribution in [-0.2, 0) is 4.79 Å². The molecule has 1 heterocycles. The molecule has 1 saturated carbocycles. The van der Waals surface area contributed by atoms with E-state index in [1.807, 2.05) is 0 Å². The summed E-state index contributed by atoms with van der Waals surface area (Å²) in [6.07, 6.45) is 2.88. The second-order valence-corrected chi connectivity index (χ2v) is 5.98. The number of nitrogens with one attached hydrogen (secondary N) is 3. The molecule has 3 atom stereocenters. The zero-order valence-electron chi connectivity index (χ0n) is 12.7. The fourth-order valence-electron chi connectivity index (χ4n) is 3.27. The van der Waals surface area contributed by atoms with Crippen LogP contribution >= 0.6 is 0 Å². The largest absolute Gasteiger partial charge is 0.477 e. The average Bonchev–Trinajstić information content (AvgIpc) is 3.00. The number of fused-ring (bicyclic) bond motifs is 1. The monoisotopic (exact) mass is 320 g/mol. The number of carbonyl (C=O) groups excluding carboxylic acids is 1. The van der Waals surface area contributed by atoms with Gasteiger partial charge < -0.3 is 10.1 Å². The minimum atomic E-state index is -0.519. The Morgan fingerprint density at radius 1 is 1.39 bits per heavy atom. The minimum absolute atomic E-state index is 0.112. The molecule has 23 heavy (non-hydrogen) atoms. The van der Waals surface area contributed by atoms with Gasteiger partial charge in [0.2, 0.25) is 0 Å². The third-order valence-electron chi connectivity index (χ3n) is 4.42. The van der Waals surface area contributed by atoms with Gasteiger partial charge in [-0.3, -0.25) is 25.8 Å². The molecule has 124 valence electrons. The Kier molecular flexibility index (Phi) is 4.73. The van der Waals surface area contributed by atoms with Crippen LogP contribution in [0.1, 0.15) is 19.3 Å². The summed E-state index contributed by atoms with van der Waals surface area (Å²) in [5.41, 5.74) is 6.26. The van der Waals surface area contributed by atoms with E-state index in [0.717, 1.165) is 25.8 Å². The van der Waals surface area contributed by atoms with Gasteiger partial charge in [0.25, 0.3) is 5.91 Å². The van der Waals surface area contributed by atoms with Crippen LogP contribution in [0, 0.1) is 16.0 Å². The Morgan fingerprint density at radius 2 is 2.22 bits per heavy atom. The molecule has 1 aliphatic heterocycles. The number of para-hydroxylation sites is 2. The standard InChI is InChI=1S/C15H20N4O4/c20-15(9-23-14-4-2-1-3-13(14)19(21)22)17-11-5-6-12-10(7-11)8-16-18-12/h1-4,10-12,16,18H,5-9H2,(H,17,20). The van der Waals surface area contributed by atoms with Gasteiger partial charge in [0.05, 0.1) is 4.92 Å². The van der Waals surface area contributed by atoms with Gasteiger partial charge in [0, 0.05) is 24.7 Å². The molecule has 1 saturated heterocycles. The first kappa shape index (κ1) is 15.7. The van der Waals surface area contributed by atoms with Crippen molar-refractivity contribution in [2.45, 2.75) is 31.3 Å². The summed E-state index contributed by atoms with van der Waals surface area (Å²) in [6, 6.07) is 6.68. The molecule has 0 radical (unpaired) electrons. The SMILES string of the molecule is O=C(COc1ccccc1[N+](=O)[O-])NC1CCC2NNCC2C1. The van der Waals surface area contributed by atoms with E-state index in [4.69, 9.17) is 4.74 Å². The van der Waals surface area contributed by atoms with E-state index in [9.17, 15) is 14.9 Å². The van der Waals surface area contributed by atoms with E-state index in [-0.39, 0.29) is 30.0 Å². The Hall–Kier alpha value is -2.19. The maximum atomic E-state index is 12.0. The normalized spacial score (nSPS) is 26.3. The molecule has 0 aromatic heterocycles. The van der Waals surface area contributed by atoms with Crippen LogP contribution in [0.25, 0.3) is 0 Å². The first-order chi connectivity index (χ1) is 11.1. The highest BCUT2D eigenvalue weighted by molar-refractivity contribution is 5.78. The fraction of sp³-hybridized carbons (Fsp3) is 0.533. The first-order valence-corrected chi connectivity index (χ1v) is 7.77. The van der Waals surface area contributed by atoms with Crippen molar-refractivity contribution < 1.29 is 14.5 Å². The predicted octanol–water partition coefficient (Wildman–Crippen LogP) is 0.735. The van der Waals surface area contributed by atoms with Gasteiger partial charge in [0.15, 0.2) is 12.4 Å². The van der Waals surface area contributed by atoms with Gasteiger partial charge >= 0.3 is 5.69 Å². The van der Waals surface area contributed by atoms with Gasteiger partial charge in [-0.25, -0.2) is 0 Å². The van der Waals surface area contributed by atoms with Crippen LogP contribution in [0.3, 0.4) is 0 Å². The number of benzene rings is 1. The molecule has 0 spiro atoms. The van der Waals surface area contributed by atoms with Crippen LogP contribution in [0.5, 0.6) is 5.75 Å². The van der Waals surface area contributed by atoms with E-state index >= 15 is 0 Å². The molecule has 3 rings (SSSR count). The maximum absolute atomic E-state index is 12.0. The van der Waals surface area contributed by atoms with Crippen molar-refractivity contribution in [1.29, 1.82) is 0 Å². The Bertz CT molecular complexity index is 595. The third kappa shape index (κ3) is 3.77. The van der Waals surface area contributed by atoms with Gasteiger partial charge in [-0.1, -0.05) is 12.1 Å². The quantitative estimate of drug-likeness (QED) is 0.546. The molecule has 1 aromatic rings. The van der Waals surface area contributed by atoms with Crippen molar-refractivity contribution in [3.8, 4) is 5.75 Å². The Labute approximate surface area is 133 Å². The molecule has 3 unspecified atom stereocenters. The summed E-state index contributed by atoms with van der Waals surface area (Å²) in [6.45, 7) is 0.704. The summed E-state index contributed by atoms with van der Waals surface area (Å²) in [4.78, 5) is 22.4. The molecule has 2 aliphatic rings. The number of nitro groups is 1. The van der Waals surface area contributed by atoms with E-state index in [1.165, 1.54) is 12.1 Å².